The normalized spacial score (nSPS) is 20.6. The Hall–Kier alpha value is -1.46. The molecule has 0 bridgehead atoms. The minimum atomic E-state index is -0.273. The fourth-order valence-electron chi connectivity index (χ4n) is 2.08. The highest BCUT2D eigenvalue weighted by Crippen LogP contribution is 2.10. The summed E-state index contributed by atoms with van der Waals surface area (Å²) < 4.78 is 10.1. The van der Waals surface area contributed by atoms with Crippen molar-refractivity contribution < 1.29 is 14.3 Å². The molecule has 1 saturated heterocycles. The van der Waals surface area contributed by atoms with E-state index in [9.17, 15) is 4.79 Å². The van der Waals surface area contributed by atoms with Gasteiger partial charge in [0.15, 0.2) is 0 Å². The van der Waals surface area contributed by atoms with E-state index in [2.05, 4.69) is 9.88 Å². The van der Waals surface area contributed by atoms with E-state index in [0.717, 1.165) is 19.5 Å². The SMILES string of the molecule is COC(=O)C1COCCN1CCc1ccncc1. The number of hydrogen-bond acceptors (Lipinski definition) is 5. The standard InChI is InChI=1S/C13H18N2O3/c1-17-13(16)12-10-18-9-8-15(12)7-4-11-2-5-14-6-3-11/h2-3,5-6,12H,4,7-10H2,1H3. The highest BCUT2D eigenvalue weighted by molar-refractivity contribution is 5.75. The summed E-state index contributed by atoms with van der Waals surface area (Å²) in [5, 5.41) is 0. The molecule has 1 fully saturated rings. The molecule has 0 N–H and O–H groups in total. The lowest BCUT2D eigenvalue weighted by molar-refractivity contribution is -0.153. The van der Waals surface area contributed by atoms with Gasteiger partial charge in [-0.1, -0.05) is 0 Å². The Morgan fingerprint density at radius 1 is 1.56 bits per heavy atom. The number of carbonyl (C=O) groups is 1. The van der Waals surface area contributed by atoms with Gasteiger partial charge in [-0.15, -0.1) is 0 Å². The van der Waals surface area contributed by atoms with E-state index < -0.39 is 0 Å². The number of morpholine rings is 1. The summed E-state index contributed by atoms with van der Waals surface area (Å²) in [5.74, 6) is -0.218. The van der Waals surface area contributed by atoms with Crippen molar-refractivity contribution in [2.75, 3.05) is 33.4 Å². The molecule has 18 heavy (non-hydrogen) atoms. The molecular weight excluding hydrogens is 232 g/mol. The highest BCUT2D eigenvalue weighted by atomic mass is 16.5. The maximum atomic E-state index is 11.6. The second kappa shape index (κ2) is 6.47. The zero-order valence-electron chi connectivity index (χ0n) is 10.5. The lowest BCUT2D eigenvalue weighted by Crippen LogP contribution is -2.50. The van der Waals surface area contributed by atoms with Crippen LogP contribution in [0.2, 0.25) is 0 Å². The van der Waals surface area contributed by atoms with Gasteiger partial charge in [-0.05, 0) is 24.1 Å². The quantitative estimate of drug-likeness (QED) is 0.728. The molecule has 2 rings (SSSR count). The fourth-order valence-corrected chi connectivity index (χ4v) is 2.08. The van der Waals surface area contributed by atoms with Crippen molar-refractivity contribution in [2.45, 2.75) is 12.5 Å². The third kappa shape index (κ3) is 3.27. The van der Waals surface area contributed by atoms with Crippen molar-refractivity contribution in [3.05, 3.63) is 30.1 Å². The number of methoxy groups -OCH3 is 1. The van der Waals surface area contributed by atoms with Gasteiger partial charge in [0.1, 0.15) is 6.04 Å². The van der Waals surface area contributed by atoms with Crippen molar-refractivity contribution in [2.24, 2.45) is 0 Å². The number of aromatic nitrogens is 1. The van der Waals surface area contributed by atoms with Gasteiger partial charge >= 0.3 is 5.97 Å². The minimum absolute atomic E-state index is 0.218. The van der Waals surface area contributed by atoms with Crippen molar-refractivity contribution in [1.82, 2.24) is 9.88 Å². The van der Waals surface area contributed by atoms with Crippen LogP contribution in [0.5, 0.6) is 0 Å². The predicted molar refractivity (Wildman–Crippen MR) is 66.1 cm³/mol. The van der Waals surface area contributed by atoms with Gasteiger partial charge in [-0.25, -0.2) is 0 Å². The van der Waals surface area contributed by atoms with Gasteiger partial charge in [-0.3, -0.25) is 14.7 Å². The molecule has 0 aliphatic carbocycles. The second-order valence-corrected chi connectivity index (χ2v) is 4.26. The van der Waals surface area contributed by atoms with Crippen LogP contribution in [0.1, 0.15) is 5.56 Å². The lowest BCUT2D eigenvalue weighted by atomic mass is 10.1. The van der Waals surface area contributed by atoms with Crippen molar-refractivity contribution in [1.29, 1.82) is 0 Å². The second-order valence-electron chi connectivity index (χ2n) is 4.26. The van der Waals surface area contributed by atoms with Gasteiger partial charge in [-0.2, -0.15) is 0 Å². The molecule has 0 spiro atoms. The summed E-state index contributed by atoms with van der Waals surface area (Å²) in [7, 11) is 1.41. The van der Waals surface area contributed by atoms with Crippen LogP contribution in [0.4, 0.5) is 0 Å². The summed E-state index contributed by atoms with van der Waals surface area (Å²) in [4.78, 5) is 17.7. The molecule has 1 aliphatic heterocycles. The first-order chi connectivity index (χ1) is 8.81. The predicted octanol–water partition coefficient (Wildman–Crippen LogP) is 0.498. The number of hydrogen-bond donors (Lipinski definition) is 0. The first-order valence-corrected chi connectivity index (χ1v) is 6.10. The molecule has 1 aliphatic rings. The maximum Gasteiger partial charge on any atom is 0.325 e. The largest absolute Gasteiger partial charge is 0.468 e. The van der Waals surface area contributed by atoms with Crippen LogP contribution < -0.4 is 0 Å². The van der Waals surface area contributed by atoms with Gasteiger partial charge in [0, 0.05) is 25.5 Å². The molecule has 0 saturated carbocycles. The van der Waals surface area contributed by atoms with E-state index in [0.29, 0.717) is 13.2 Å². The van der Waals surface area contributed by atoms with Gasteiger partial charge in [0.05, 0.1) is 20.3 Å². The maximum absolute atomic E-state index is 11.6. The van der Waals surface area contributed by atoms with Crippen LogP contribution in [0.25, 0.3) is 0 Å². The van der Waals surface area contributed by atoms with Crippen LogP contribution in [0.15, 0.2) is 24.5 Å². The average molecular weight is 250 g/mol. The Balaban J connectivity index is 1.91. The summed E-state index contributed by atoms with van der Waals surface area (Å²) in [6.45, 7) is 2.69. The first-order valence-electron chi connectivity index (χ1n) is 6.10. The van der Waals surface area contributed by atoms with Crippen LogP contribution in [-0.4, -0.2) is 55.3 Å². The van der Waals surface area contributed by atoms with E-state index in [1.54, 1.807) is 12.4 Å². The number of rotatable bonds is 4. The van der Waals surface area contributed by atoms with Gasteiger partial charge < -0.3 is 9.47 Å². The summed E-state index contributed by atoms with van der Waals surface area (Å²) in [6, 6.07) is 3.71. The Bertz CT molecular complexity index is 383. The number of ether oxygens (including phenoxy) is 2. The van der Waals surface area contributed by atoms with Crippen molar-refractivity contribution >= 4 is 5.97 Å². The Labute approximate surface area is 107 Å². The van der Waals surface area contributed by atoms with Crippen molar-refractivity contribution in [3.63, 3.8) is 0 Å². The van der Waals surface area contributed by atoms with Crippen LogP contribution >= 0.6 is 0 Å². The number of esters is 1. The highest BCUT2D eigenvalue weighted by Gasteiger charge is 2.29. The molecule has 1 aromatic heterocycles. The summed E-state index contributed by atoms with van der Waals surface area (Å²) in [6.07, 6.45) is 4.47. The van der Waals surface area contributed by atoms with Gasteiger partial charge in [0.25, 0.3) is 0 Å². The molecule has 0 aromatic carbocycles. The van der Waals surface area contributed by atoms with E-state index in [1.165, 1.54) is 12.7 Å². The molecule has 0 radical (unpaired) electrons. The van der Waals surface area contributed by atoms with E-state index in [1.807, 2.05) is 12.1 Å². The molecule has 1 aromatic rings. The molecule has 1 atom stereocenters. The molecule has 5 nitrogen and oxygen atoms in total. The fraction of sp³-hybridized carbons (Fsp3) is 0.538. The molecule has 2 heterocycles. The summed E-state index contributed by atoms with van der Waals surface area (Å²) >= 11 is 0. The minimum Gasteiger partial charge on any atom is -0.468 e. The number of nitrogens with zero attached hydrogens (tertiary/aromatic N) is 2. The van der Waals surface area contributed by atoms with E-state index >= 15 is 0 Å². The first kappa shape index (κ1) is 13.0. The number of carbonyl (C=O) groups excluding carboxylic acids is 1. The average Bonchev–Trinajstić information content (AvgIpc) is 2.45. The Kier molecular flexibility index (Phi) is 4.66. The van der Waals surface area contributed by atoms with Crippen LogP contribution in [-0.2, 0) is 20.7 Å². The van der Waals surface area contributed by atoms with Crippen LogP contribution in [0.3, 0.4) is 0 Å². The van der Waals surface area contributed by atoms with E-state index in [4.69, 9.17) is 9.47 Å². The number of pyridine rings is 1. The van der Waals surface area contributed by atoms with Gasteiger partial charge in [0.2, 0.25) is 0 Å². The lowest BCUT2D eigenvalue weighted by Gasteiger charge is -2.33. The molecule has 1 unspecified atom stereocenters. The molecular formula is C13H18N2O3. The topological polar surface area (TPSA) is 51.7 Å². The van der Waals surface area contributed by atoms with Crippen LogP contribution in [0, 0.1) is 0 Å². The smallest absolute Gasteiger partial charge is 0.325 e. The Morgan fingerprint density at radius 2 is 2.33 bits per heavy atom. The zero-order chi connectivity index (χ0) is 12.8. The third-order valence-electron chi connectivity index (χ3n) is 3.15. The van der Waals surface area contributed by atoms with E-state index in [-0.39, 0.29) is 12.0 Å². The molecule has 5 heteroatoms. The third-order valence-corrected chi connectivity index (χ3v) is 3.15. The Morgan fingerprint density at radius 3 is 3.06 bits per heavy atom. The zero-order valence-corrected chi connectivity index (χ0v) is 10.5. The molecule has 98 valence electrons. The van der Waals surface area contributed by atoms with Crippen molar-refractivity contribution in [3.8, 4) is 0 Å². The monoisotopic (exact) mass is 250 g/mol. The summed E-state index contributed by atoms with van der Waals surface area (Å²) in [5.41, 5.74) is 1.22. The molecule has 0 amide bonds.